The summed E-state index contributed by atoms with van der Waals surface area (Å²) in [5.41, 5.74) is 0.233. The lowest BCUT2D eigenvalue weighted by atomic mass is 9.90. The molecule has 0 unspecified atom stereocenters. The van der Waals surface area contributed by atoms with E-state index < -0.39 is 11.3 Å². The number of carbonyl (C=O) groups excluding carboxylic acids is 2. The number of hydrogen-bond acceptors (Lipinski definition) is 3. The quantitative estimate of drug-likeness (QED) is 0.900. The number of benzene rings is 1. The molecule has 0 atom stereocenters. The standard InChI is InChI=1S/C19H25N3O2/c1-19(2,14-20)18(24)21-13-17(23)22-10-8-16(9-11-22)12-15-6-4-3-5-7-15/h3-7,16H,8-13H2,1-2H3,(H,21,24). The molecule has 5 heteroatoms. The lowest BCUT2D eigenvalue weighted by Crippen LogP contribution is -2.46. The van der Waals surface area contributed by atoms with Crippen molar-refractivity contribution in [2.24, 2.45) is 11.3 Å². The van der Waals surface area contributed by atoms with E-state index in [1.54, 1.807) is 18.7 Å². The van der Waals surface area contributed by atoms with Crippen LogP contribution in [-0.2, 0) is 16.0 Å². The van der Waals surface area contributed by atoms with Gasteiger partial charge in [-0.05, 0) is 44.6 Å². The molecule has 0 bridgehead atoms. The molecule has 5 nitrogen and oxygen atoms in total. The minimum Gasteiger partial charge on any atom is -0.346 e. The fraction of sp³-hybridized carbons (Fsp3) is 0.526. The molecule has 0 radical (unpaired) electrons. The lowest BCUT2D eigenvalue weighted by molar-refractivity contribution is -0.135. The Bertz CT molecular complexity index is 611. The van der Waals surface area contributed by atoms with Crippen LogP contribution in [0.15, 0.2) is 30.3 Å². The zero-order valence-electron chi connectivity index (χ0n) is 14.4. The number of nitriles is 1. The molecule has 1 aliphatic heterocycles. The third-order valence-electron chi connectivity index (χ3n) is 4.58. The van der Waals surface area contributed by atoms with Gasteiger partial charge in [0.2, 0.25) is 11.8 Å². The molecular weight excluding hydrogens is 302 g/mol. The van der Waals surface area contributed by atoms with Gasteiger partial charge in [0.25, 0.3) is 0 Å². The fourth-order valence-electron chi connectivity index (χ4n) is 2.87. The molecule has 24 heavy (non-hydrogen) atoms. The van der Waals surface area contributed by atoms with Crippen LogP contribution < -0.4 is 5.32 Å². The number of likely N-dealkylation sites (tertiary alicyclic amines) is 1. The minimum absolute atomic E-state index is 0.0344. The summed E-state index contributed by atoms with van der Waals surface area (Å²) >= 11 is 0. The summed E-state index contributed by atoms with van der Waals surface area (Å²) < 4.78 is 0. The molecule has 1 aromatic carbocycles. The van der Waals surface area contributed by atoms with Gasteiger partial charge in [-0.15, -0.1) is 0 Å². The SMILES string of the molecule is CC(C)(C#N)C(=O)NCC(=O)N1CCC(Cc2ccccc2)CC1. The summed E-state index contributed by atoms with van der Waals surface area (Å²) in [6, 6.07) is 12.4. The number of piperidine rings is 1. The Morgan fingerprint density at radius 2 is 1.88 bits per heavy atom. The number of nitrogens with zero attached hydrogens (tertiary/aromatic N) is 2. The molecule has 2 rings (SSSR count). The van der Waals surface area contributed by atoms with Gasteiger partial charge in [0, 0.05) is 13.1 Å². The van der Waals surface area contributed by atoms with E-state index in [4.69, 9.17) is 5.26 Å². The zero-order valence-corrected chi connectivity index (χ0v) is 14.4. The van der Waals surface area contributed by atoms with Crippen molar-refractivity contribution in [2.45, 2.75) is 33.1 Å². The van der Waals surface area contributed by atoms with Crippen LogP contribution in [0.4, 0.5) is 0 Å². The van der Waals surface area contributed by atoms with Gasteiger partial charge in [-0.3, -0.25) is 9.59 Å². The first-order valence-electron chi connectivity index (χ1n) is 8.43. The Morgan fingerprint density at radius 3 is 2.46 bits per heavy atom. The van der Waals surface area contributed by atoms with E-state index in [0.717, 1.165) is 32.4 Å². The number of hydrogen-bond donors (Lipinski definition) is 1. The second-order valence-electron chi connectivity index (χ2n) is 6.93. The number of amides is 2. The molecular formula is C19H25N3O2. The molecule has 1 aliphatic rings. The first-order valence-corrected chi connectivity index (χ1v) is 8.43. The Morgan fingerprint density at radius 1 is 1.25 bits per heavy atom. The van der Waals surface area contributed by atoms with Gasteiger partial charge < -0.3 is 10.2 Å². The van der Waals surface area contributed by atoms with Gasteiger partial charge in [0.05, 0.1) is 12.6 Å². The van der Waals surface area contributed by atoms with E-state index in [0.29, 0.717) is 5.92 Å². The number of nitrogens with one attached hydrogen (secondary N) is 1. The molecule has 1 N–H and O–H groups in total. The predicted molar refractivity (Wildman–Crippen MR) is 91.9 cm³/mol. The van der Waals surface area contributed by atoms with Crippen LogP contribution in [0.1, 0.15) is 32.3 Å². The van der Waals surface area contributed by atoms with Crippen molar-refractivity contribution in [1.82, 2.24) is 10.2 Å². The molecule has 1 aromatic rings. The maximum absolute atomic E-state index is 12.2. The van der Waals surface area contributed by atoms with Crippen LogP contribution in [0.2, 0.25) is 0 Å². The largest absolute Gasteiger partial charge is 0.346 e. The van der Waals surface area contributed by atoms with Gasteiger partial charge in [0.15, 0.2) is 0 Å². The van der Waals surface area contributed by atoms with E-state index in [-0.39, 0.29) is 12.5 Å². The van der Waals surface area contributed by atoms with E-state index in [2.05, 4.69) is 29.6 Å². The van der Waals surface area contributed by atoms with Crippen LogP contribution in [-0.4, -0.2) is 36.3 Å². The van der Waals surface area contributed by atoms with Gasteiger partial charge in [0.1, 0.15) is 5.41 Å². The average molecular weight is 327 g/mol. The van der Waals surface area contributed by atoms with Crippen molar-refractivity contribution in [3.63, 3.8) is 0 Å². The van der Waals surface area contributed by atoms with Crippen LogP contribution in [0, 0.1) is 22.7 Å². The summed E-state index contributed by atoms with van der Waals surface area (Å²) in [7, 11) is 0. The van der Waals surface area contributed by atoms with Crippen LogP contribution >= 0.6 is 0 Å². The average Bonchev–Trinajstić information content (AvgIpc) is 2.60. The monoisotopic (exact) mass is 327 g/mol. The van der Waals surface area contributed by atoms with Crippen LogP contribution in [0.5, 0.6) is 0 Å². The van der Waals surface area contributed by atoms with Crippen molar-refractivity contribution < 1.29 is 9.59 Å². The highest BCUT2D eigenvalue weighted by Gasteiger charge is 2.28. The molecule has 0 aromatic heterocycles. The van der Waals surface area contributed by atoms with Gasteiger partial charge in [-0.1, -0.05) is 30.3 Å². The Hall–Kier alpha value is -2.35. The highest BCUT2D eigenvalue weighted by molar-refractivity contribution is 5.89. The topological polar surface area (TPSA) is 73.2 Å². The molecule has 0 spiro atoms. The summed E-state index contributed by atoms with van der Waals surface area (Å²) in [5, 5.41) is 11.5. The van der Waals surface area contributed by atoms with Crippen molar-refractivity contribution >= 4 is 11.8 Å². The molecule has 1 saturated heterocycles. The van der Waals surface area contributed by atoms with Crippen LogP contribution in [0.25, 0.3) is 0 Å². The molecule has 2 amide bonds. The second-order valence-corrected chi connectivity index (χ2v) is 6.93. The minimum atomic E-state index is -1.11. The highest BCUT2D eigenvalue weighted by atomic mass is 16.2. The second kappa shape index (κ2) is 7.96. The smallest absolute Gasteiger partial charge is 0.241 e. The lowest BCUT2D eigenvalue weighted by Gasteiger charge is -2.32. The molecule has 1 heterocycles. The first-order chi connectivity index (χ1) is 11.4. The predicted octanol–water partition coefficient (Wildman–Crippen LogP) is 2.13. The maximum atomic E-state index is 12.2. The molecule has 1 fully saturated rings. The van der Waals surface area contributed by atoms with E-state index in [1.807, 2.05) is 12.1 Å². The van der Waals surface area contributed by atoms with Gasteiger partial charge >= 0.3 is 0 Å². The molecule has 0 aliphatic carbocycles. The molecule has 0 saturated carbocycles. The maximum Gasteiger partial charge on any atom is 0.241 e. The Kier molecular flexibility index (Phi) is 5.97. The molecule has 128 valence electrons. The normalized spacial score (nSPS) is 15.6. The number of carbonyl (C=O) groups is 2. The highest BCUT2D eigenvalue weighted by Crippen LogP contribution is 2.21. The van der Waals surface area contributed by atoms with Crippen molar-refractivity contribution in [3.8, 4) is 6.07 Å². The van der Waals surface area contributed by atoms with Crippen molar-refractivity contribution in [3.05, 3.63) is 35.9 Å². The van der Waals surface area contributed by atoms with E-state index in [9.17, 15) is 9.59 Å². The first kappa shape index (κ1) is 18.0. The zero-order chi connectivity index (χ0) is 17.6. The number of rotatable bonds is 5. The van der Waals surface area contributed by atoms with Crippen molar-refractivity contribution in [1.29, 1.82) is 5.26 Å². The van der Waals surface area contributed by atoms with E-state index >= 15 is 0 Å². The van der Waals surface area contributed by atoms with Gasteiger partial charge in [-0.25, -0.2) is 0 Å². The fourth-order valence-corrected chi connectivity index (χ4v) is 2.87. The summed E-state index contributed by atoms with van der Waals surface area (Å²) in [4.78, 5) is 25.9. The van der Waals surface area contributed by atoms with Crippen LogP contribution in [0.3, 0.4) is 0 Å². The Labute approximate surface area is 143 Å². The summed E-state index contributed by atoms with van der Waals surface area (Å²) in [6.07, 6.45) is 3.02. The Balaban J connectivity index is 1.75. The van der Waals surface area contributed by atoms with E-state index in [1.165, 1.54) is 5.56 Å². The van der Waals surface area contributed by atoms with Gasteiger partial charge in [-0.2, -0.15) is 5.26 Å². The summed E-state index contributed by atoms with van der Waals surface area (Å²) in [5.74, 6) is 0.121. The third kappa shape index (κ3) is 4.82. The summed E-state index contributed by atoms with van der Waals surface area (Å²) in [6.45, 7) is 4.51. The van der Waals surface area contributed by atoms with Crippen molar-refractivity contribution in [2.75, 3.05) is 19.6 Å². The third-order valence-corrected chi connectivity index (χ3v) is 4.58.